The number of nitriles is 1. The minimum Gasteiger partial charge on any atom is -0.397 e. The molecule has 0 aliphatic rings. The van der Waals surface area contributed by atoms with Crippen LogP contribution in [-0.2, 0) is 0 Å². The first-order valence-electron chi connectivity index (χ1n) is 5.38. The molecule has 1 rings (SSSR count). The molecular formula is C13H11F3N4. The monoisotopic (exact) mass is 280 g/mol. The molecule has 0 unspecified atom stereocenters. The summed E-state index contributed by atoms with van der Waals surface area (Å²) in [7, 11) is 0. The zero-order valence-electron chi connectivity index (χ0n) is 10.6. The van der Waals surface area contributed by atoms with Crippen molar-refractivity contribution in [1.82, 2.24) is 4.98 Å². The Morgan fingerprint density at radius 2 is 2.15 bits per heavy atom. The fourth-order valence-corrected chi connectivity index (χ4v) is 1.40. The molecule has 0 aliphatic heterocycles. The number of allylic oxidation sites excluding steroid dienone is 4. The molecule has 0 aliphatic carbocycles. The maximum atomic E-state index is 12.5. The van der Waals surface area contributed by atoms with Gasteiger partial charge in [0.2, 0.25) is 0 Å². The third-order valence-electron chi connectivity index (χ3n) is 2.35. The van der Waals surface area contributed by atoms with E-state index in [2.05, 4.69) is 16.7 Å². The number of hydrogen-bond acceptors (Lipinski definition) is 4. The van der Waals surface area contributed by atoms with Crippen molar-refractivity contribution in [2.45, 2.75) is 13.1 Å². The maximum Gasteiger partial charge on any atom is 0.433 e. The topological polar surface area (TPSA) is 75.1 Å². The number of hydrogen-bond donors (Lipinski definition) is 1. The number of rotatable bonds is 3. The Bertz CT molecular complexity index is 621. The second kappa shape index (κ2) is 6.02. The van der Waals surface area contributed by atoms with Gasteiger partial charge in [-0.1, -0.05) is 6.08 Å². The molecule has 0 aromatic carbocycles. The Hall–Kier alpha value is -2.62. The molecule has 4 nitrogen and oxygen atoms in total. The number of nitrogen functional groups attached to an aromatic ring is 1. The second-order valence-corrected chi connectivity index (χ2v) is 3.83. The highest BCUT2D eigenvalue weighted by molar-refractivity contribution is 5.69. The quantitative estimate of drug-likeness (QED) is 0.682. The Labute approximate surface area is 113 Å². The molecule has 0 saturated heterocycles. The lowest BCUT2D eigenvalue weighted by atomic mass is 10.1. The first kappa shape index (κ1) is 15.4. The van der Waals surface area contributed by atoms with Crippen molar-refractivity contribution in [2.24, 2.45) is 4.99 Å². The summed E-state index contributed by atoms with van der Waals surface area (Å²) in [5.41, 5.74) is 5.51. The molecule has 0 bridgehead atoms. The van der Waals surface area contributed by atoms with Crippen LogP contribution in [0.25, 0.3) is 5.57 Å². The van der Waals surface area contributed by atoms with Gasteiger partial charge < -0.3 is 5.73 Å². The summed E-state index contributed by atoms with van der Waals surface area (Å²) >= 11 is 0. The van der Waals surface area contributed by atoms with E-state index >= 15 is 0 Å². The number of aromatic nitrogens is 1. The van der Waals surface area contributed by atoms with Gasteiger partial charge in [-0.3, -0.25) is 9.98 Å². The van der Waals surface area contributed by atoms with Crippen LogP contribution in [0, 0.1) is 11.3 Å². The number of nitrogens with two attached hydrogens (primary N) is 1. The van der Waals surface area contributed by atoms with Crippen molar-refractivity contribution in [1.29, 1.82) is 5.26 Å². The molecule has 0 saturated carbocycles. The second-order valence-electron chi connectivity index (χ2n) is 3.83. The first-order valence-corrected chi connectivity index (χ1v) is 5.38. The van der Waals surface area contributed by atoms with E-state index in [0.29, 0.717) is 11.3 Å². The Morgan fingerprint density at radius 3 is 2.65 bits per heavy atom. The van der Waals surface area contributed by atoms with Crippen LogP contribution in [0.3, 0.4) is 0 Å². The molecule has 7 heteroatoms. The van der Waals surface area contributed by atoms with Crippen LogP contribution in [0.5, 0.6) is 0 Å². The number of pyridine rings is 1. The van der Waals surface area contributed by atoms with Crippen LogP contribution in [0.2, 0.25) is 0 Å². The van der Waals surface area contributed by atoms with Gasteiger partial charge in [0.05, 0.1) is 23.1 Å². The average Bonchev–Trinajstić information content (AvgIpc) is 2.37. The Morgan fingerprint density at radius 1 is 1.50 bits per heavy atom. The maximum absolute atomic E-state index is 12.5. The summed E-state index contributed by atoms with van der Waals surface area (Å²) in [5.74, 6) is 0. The molecule has 0 spiro atoms. The standard InChI is InChI=1S/C13H11F3N4/c1-8(3-4-11(19-2)13(14,15)16)12-9(6-17)5-10(18)7-20-12/h3-5,7H,2,18H2,1H3/b8-3+,11-4-. The van der Waals surface area contributed by atoms with E-state index in [4.69, 9.17) is 11.0 Å². The molecule has 0 fully saturated rings. The van der Waals surface area contributed by atoms with Gasteiger partial charge in [0, 0.05) is 0 Å². The number of alkyl halides is 3. The predicted octanol–water partition coefficient (Wildman–Crippen LogP) is 3.09. The van der Waals surface area contributed by atoms with Crippen LogP contribution in [0.15, 0.2) is 35.1 Å². The number of aliphatic imine (C=N–C) groups is 1. The Kier molecular flexibility index (Phi) is 4.64. The van der Waals surface area contributed by atoms with Gasteiger partial charge in [0.25, 0.3) is 0 Å². The summed E-state index contributed by atoms with van der Waals surface area (Å²) in [5, 5.41) is 8.95. The van der Waals surface area contributed by atoms with Crippen LogP contribution in [0.1, 0.15) is 18.2 Å². The lowest BCUT2D eigenvalue weighted by Gasteiger charge is -2.06. The highest BCUT2D eigenvalue weighted by atomic mass is 19.4. The molecule has 1 heterocycles. The normalized spacial score (nSPS) is 12.9. The summed E-state index contributed by atoms with van der Waals surface area (Å²) in [6.07, 6.45) is -1.29. The van der Waals surface area contributed by atoms with Crippen LogP contribution >= 0.6 is 0 Å². The fourth-order valence-electron chi connectivity index (χ4n) is 1.40. The largest absolute Gasteiger partial charge is 0.433 e. The third kappa shape index (κ3) is 3.68. The SMILES string of the molecule is C=N/C(=C\C=C(/C)c1ncc(N)cc1C#N)C(F)(F)F. The smallest absolute Gasteiger partial charge is 0.397 e. The van der Waals surface area contributed by atoms with Gasteiger partial charge in [-0.15, -0.1) is 0 Å². The third-order valence-corrected chi connectivity index (χ3v) is 2.35. The van der Waals surface area contributed by atoms with Crippen LogP contribution < -0.4 is 5.73 Å². The van der Waals surface area contributed by atoms with Crippen molar-refractivity contribution < 1.29 is 13.2 Å². The van der Waals surface area contributed by atoms with E-state index in [1.54, 1.807) is 0 Å². The summed E-state index contributed by atoms with van der Waals surface area (Å²) in [6.45, 7) is 4.41. The van der Waals surface area contributed by atoms with Gasteiger partial charge in [0.15, 0.2) is 0 Å². The van der Waals surface area contributed by atoms with E-state index in [-0.39, 0.29) is 11.3 Å². The lowest BCUT2D eigenvalue weighted by molar-refractivity contribution is -0.0921. The predicted molar refractivity (Wildman–Crippen MR) is 70.7 cm³/mol. The highest BCUT2D eigenvalue weighted by Crippen LogP contribution is 2.27. The minimum atomic E-state index is -4.58. The summed E-state index contributed by atoms with van der Waals surface area (Å²) in [6, 6.07) is 3.29. The van der Waals surface area contributed by atoms with Gasteiger partial charge >= 0.3 is 6.18 Å². The molecule has 0 radical (unpaired) electrons. The van der Waals surface area contributed by atoms with Gasteiger partial charge in [-0.2, -0.15) is 18.4 Å². The number of halogens is 3. The van der Waals surface area contributed by atoms with Crippen LogP contribution in [0.4, 0.5) is 18.9 Å². The molecule has 0 atom stereocenters. The van der Waals surface area contributed by atoms with Crippen molar-refractivity contribution >= 4 is 18.0 Å². The van der Waals surface area contributed by atoms with Crippen molar-refractivity contribution in [3.05, 3.63) is 41.4 Å². The van der Waals surface area contributed by atoms with Gasteiger partial charge in [-0.25, -0.2) is 0 Å². The zero-order valence-corrected chi connectivity index (χ0v) is 10.6. The van der Waals surface area contributed by atoms with Crippen molar-refractivity contribution in [3.63, 3.8) is 0 Å². The molecular weight excluding hydrogens is 269 g/mol. The molecule has 104 valence electrons. The molecule has 1 aromatic heterocycles. The van der Waals surface area contributed by atoms with Crippen molar-refractivity contribution in [3.8, 4) is 6.07 Å². The average molecular weight is 280 g/mol. The van der Waals surface area contributed by atoms with E-state index in [0.717, 1.165) is 6.08 Å². The lowest BCUT2D eigenvalue weighted by Crippen LogP contribution is -2.09. The van der Waals surface area contributed by atoms with Gasteiger partial charge in [0.1, 0.15) is 11.8 Å². The Balaban J connectivity index is 3.22. The minimum absolute atomic E-state index is 0.187. The van der Waals surface area contributed by atoms with E-state index in [1.807, 2.05) is 6.07 Å². The highest BCUT2D eigenvalue weighted by Gasteiger charge is 2.32. The number of anilines is 1. The van der Waals surface area contributed by atoms with E-state index in [1.165, 1.54) is 25.3 Å². The van der Waals surface area contributed by atoms with Crippen LogP contribution in [-0.4, -0.2) is 17.9 Å². The molecule has 0 amide bonds. The zero-order chi connectivity index (χ0) is 15.3. The first-order chi connectivity index (χ1) is 9.29. The summed E-state index contributed by atoms with van der Waals surface area (Å²) in [4.78, 5) is 6.86. The fraction of sp³-hybridized carbons (Fsp3) is 0.154. The molecule has 2 N–H and O–H groups in total. The van der Waals surface area contributed by atoms with E-state index < -0.39 is 11.9 Å². The number of nitrogens with zero attached hydrogens (tertiary/aromatic N) is 3. The molecule has 20 heavy (non-hydrogen) atoms. The van der Waals surface area contributed by atoms with E-state index in [9.17, 15) is 13.2 Å². The molecule has 1 aromatic rings. The summed E-state index contributed by atoms with van der Waals surface area (Å²) < 4.78 is 37.4. The van der Waals surface area contributed by atoms with Crippen molar-refractivity contribution in [2.75, 3.05) is 5.73 Å². The van der Waals surface area contributed by atoms with Gasteiger partial charge in [-0.05, 0) is 31.4 Å².